The lowest BCUT2D eigenvalue weighted by Gasteiger charge is -2.16. The number of hydrogen-bond donors (Lipinski definition) is 1. The first-order valence-electron chi connectivity index (χ1n) is 5.66. The first kappa shape index (κ1) is 14.2. The maximum absolute atomic E-state index is 12.9. The van der Waals surface area contributed by atoms with Crippen molar-refractivity contribution in [3.8, 4) is 0 Å². The molecule has 0 aliphatic carbocycles. The molecule has 0 radical (unpaired) electrons. The molecule has 0 unspecified atom stereocenters. The summed E-state index contributed by atoms with van der Waals surface area (Å²) in [5.41, 5.74) is 0.973. The number of anilines is 1. The number of hydrogen-bond acceptors (Lipinski definition) is 2. The lowest BCUT2D eigenvalue weighted by molar-refractivity contribution is -0.163. The molecule has 1 heterocycles. The van der Waals surface area contributed by atoms with Gasteiger partial charge in [-0.05, 0) is 19.1 Å². The van der Waals surface area contributed by atoms with E-state index in [1.165, 1.54) is 6.07 Å². The first-order chi connectivity index (χ1) is 9.32. The number of aromatic nitrogens is 1. The molecule has 0 aliphatic heterocycles. The molecule has 1 aromatic heterocycles. The molecule has 1 N–H and O–H groups in total. The summed E-state index contributed by atoms with van der Waals surface area (Å²) in [7, 11) is 0. The molecular weight excluding hydrogens is 276 g/mol. The highest BCUT2D eigenvalue weighted by Gasteiger charge is 2.49. The molecule has 0 aliphatic rings. The third-order valence-electron chi connectivity index (χ3n) is 2.67. The lowest BCUT2D eigenvalue weighted by Crippen LogP contribution is -2.41. The van der Waals surface area contributed by atoms with Gasteiger partial charge in [0.25, 0.3) is 0 Å². The number of nitrogens with one attached hydrogen (secondary N) is 1. The molecule has 2 rings (SSSR count). The van der Waals surface area contributed by atoms with Gasteiger partial charge in [0.15, 0.2) is 0 Å². The molecule has 0 bridgehead atoms. The minimum Gasteiger partial charge on any atom is -0.320 e. The van der Waals surface area contributed by atoms with Crippen molar-refractivity contribution < 1.29 is 22.4 Å². The zero-order valence-electron chi connectivity index (χ0n) is 10.3. The van der Waals surface area contributed by atoms with E-state index in [-0.39, 0.29) is 5.69 Å². The maximum Gasteiger partial charge on any atom is 0.383 e. The van der Waals surface area contributed by atoms with Gasteiger partial charge in [0, 0.05) is 11.1 Å². The maximum atomic E-state index is 12.9. The molecule has 1 aromatic carbocycles. The van der Waals surface area contributed by atoms with Gasteiger partial charge in [-0.15, -0.1) is 0 Å². The van der Waals surface area contributed by atoms with Crippen LogP contribution in [-0.4, -0.2) is 23.2 Å². The van der Waals surface area contributed by atoms with Crippen LogP contribution in [0.4, 0.5) is 23.2 Å². The Morgan fingerprint density at radius 2 is 1.95 bits per heavy atom. The molecular formula is C13H10F4N2O. The van der Waals surface area contributed by atoms with Crippen LogP contribution in [0.5, 0.6) is 0 Å². The molecule has 0 saturated carbocycles. The monoisotopic (exact) mass is 286 g/mol. The van der Waals surface area contributed by atoms with Gasteiger partial charge in [-0.2, -0.15) is 8.78 Å². The van der Waals surface area contributed by atoms with Crippen LogP contribution < -0.4 is 5.32 Å². The first-order valence-corrected chi connectivity index (χ1v) is 5.66. The fourth-order valence-electron chi connectivity index (χ4n) is 1.72. The smallest absolute Gasteiger partial charge is 0.320 e. The van der Waals surface area contributed by atoms with Crippen molar-refractivity contribution in [1.82, 2.24) is 4.98 Å². The Morgan fingerprint density at radius 3 is 2.60 bits per heavy atom. The summed E-state index contributed by atoms with van der Waals surface area (Å²) in [6.07, 6.45) is -4.06. The van der Waals surface area contributed by atoms with Crippen LogP contribution in [-0.2, 0) is 4.79 Å². The second kappa shape index (κ2) is 5.07. The van der Waals surface area contributed by atoms with Crippen molar-refractivity contribution in [3.05, 3.63) is 36.0 Å². The van der Waals surface area contributed by atoms with E-state index in [9.17, 15) is 22.4 Å². The molecule has 0 spiro atoms. The molecule has 0 atom stereocenters. The molecule has 0 saturated heterocycles. The SMILES string of the molecule is Cc1cc(NC(=O)C(F)(F)C(F)F)c2ccccc2n1. The van der Waals surface area contributed by atoms with Gasteiger partial charge < -0.3 is 5.32 Å². The number of alkyl halides is 4. The zero-order chi connectivity index (χ0) is 14.9. The fourth-order valence-corrected chi connectivity index (χ4v) is 1.72. The van der Waals surface area contributed by atoms with E-state index in [1.807, 2.05) is 5.32 Å². The number of carbonyl (C=O) groups is 1. The minimum atomic E-state index is -4.74. The van der Waals surface area contributed by atoms with E-state index in [0.29, 0.717) is 16.6 Å². The van der Waals surface area contributed by atoms with Crippen molar-refractivity contribution >= 4 is 22.5 Å². The molecule has 7 heteroatoms. The summed E-state index contributed by atoms with van der Waals surface area (Å²) in [5, 5.41) is 2.24. The Balaban J connectivity index is 2.42. The molecule has 1 amide bonds. The van der Waals surface area contributed by atoms with Crippen molar-refractivity contribution in [1.29, 1.82) is 0 Å². The number of amides is 1. The summed E-state index contributed by atoms with van der Waals surface area (Å²) in [6.45, 7) is 1.60. The third-order valence-corrected chi connectivity index (χ3v) is 2.67. The van der Waals surface area contributed by atoms with Gasteiger partial charge in [0.2, 0.25) is 0 Å². The van der Waals surface area contributed by atoms with Gasteiger partial charge in [-0.1, -0.05) is 18.2 Å². The predicted octanol–water partition coefficient (Wildman–Crippen LogP) is 3.38. The topological polar surface area (TPSA) is 42.0 Å². The van der Waals surface area contributed by atoms with E-state index in [2.05, 4.69) is 4.98 Å². The molecule has 106 valence electrons. The van der Waals surface area contributed by atoms with Crippen LogP contribution in [0.1, 0.15) is 5.69 Å². The van der Waals surface area contributed by atoms with E-state index in [0.717, 1.165) is 0 Å². The average molecular weight is 286 g/mol. The third kappa shape index (κ3) is 2.56. The predicted molar refractivity (Wildman–Crippen MR) is 66.1 cm³/mol. The zero-order valence-corrected chi connectivity index (χ0v) is 10.3. The summed E-state index contributed by atoms with van der Waals surface area (Å²) in [4.78, 5) is 15.4. The van der Waals surface area contributed by atoms with Crippen molar-refractivity contribution in [3.63, 3.8) is 0 Å². The van der Waals surface area contributed by atoms with E-state index >= 15 is 0 Å². The number of para-hydroxylation sites is 1. The van der Waals surface area contributed by atoms with Crippen LogP contribution >= 0.6 is 0 Å². The van der Waals surface area contributed by atoms with Crippen LogP contribution in [0.25, 0.3) is 10.9 Å². The highest BCUT2D eigenvalue weighted by atomic mass is 19.3. The van der Waals surface area contributed by atoms with Crippen LogP contribution in [0.3, 0.4) is 0 Å². The van der Waals surface area contributed by atoms with Gasteiger partial charge in [-0.3, -0.25) is 9.78 Å². The quantitative estimate of drug-likeness (QED) is 0.879. The Kier molecular flexibility index (Phi) is 3.61. The van der Waals surface area contributed by atoms with Crippen LogP contribution in [0.2, 0.25) is 0 Å². The van der Waals surface area contributed by atoms with Gasteiger partial charge >= 0.3 is 18.3 Å². The molecule has 20 heavy (non-hydrogen) atoms. The van der Waals surface area contributed by atoms with Gasteiger partial charge in [0.1, 0.15) is 0 Å². The Bertz CT molecular complexity index is 658. The normalized spacial score (nSPS) is 11.9. The van der Waals surface area contributed by atoms with Crippen LogP contribution in [0, 0.1) is 6.92 Å². The summed E-state index contributed by atoms with van der Waals surface area (Å²) in [6, 6.07) is 7.84. The highest BCUT2D eigenvalue weighted by Crippen LogP contribution is 2.28. The lowest BCUT2D eigenvalue weighted by atomic mass is 10.1. The average Bonchev–Trinajstić information content (AvgIpc) is 2.38. The number of carbonyl (C=O) groups excluding carboxylic acids is 1. The van der Waals surface area contributed by atoms with E-state index < -0.39 is 18.3 Å². The largest absolute Gasteiger partial charge is 0.383 e. The van der Waals surface area contributed by atoms with Crippen molar-refractivity contribution in [2.45, 2.75) is 19.3 Å². The minimum absolute atomic E-state index is 0.0263. The number of benzene rings is 1. The Morgan fingerprint density at radius 1 is 1.30 bits per heavy atom. The molecule has 3 nitrogen and oxygen atoms in total. The second-order valence-corrected chi connectivity index (χ2v) is 4.21. The number of rotatable bonds is 3. The summed E-state index contributed by atoms with van der Waals surface area (Å²) in [5.74, 6) is -6.78. The Hall–Kier alpha value is -2.18. The number of fused-ring (bicyclic) bond motifs is 1. The van der Waals surface area contributed by atoms with Crippen molar-refractivity contribution in [2.75, 3.05) is 5.32 Å². The van der Waals surface area contributed by atoms with E-state index in [1.54, 1.807) is 31.2 Å². The molecule has 0 fully saturated rings. The number of pyridine rings is 1. The number of aryl methyl sites for hydroxylation is 1. The fraction of sp³-hybridized carbons (Fsp3) is 0.231. The van der Waals surface area contributed by atoms with Crippen molar-refractivity contribution in [2.24, 2.45) is 0 Å². The van der Waals surface area contributed by atoms with Gasteiger partial charge in [0.05, 0.1) is 11.2 Å². The number of halogens is 4. The van der Waals surface area contributed by atoms with E-state index in [4.69, 9.17) is 0 Å². The highest BCUT2D eigenvalue weighted by molar-refractivity contribution is 6.03. The van der Waals surface area contributed by atoms with Crippen LogP contribution in [0.15, 0.2) is 30.3 Å². The number of nitrogens with zero attached hydrogens (tertiary/aromatic N) is 1. The molecule has 2 aromatic rings. The summed E-state index contributed by atoms with van der Waals surface area (Å²) < 4.78 is 50.2. The summed E-state index contributed by atoms with van der Waals surface area (Å²) >= 11 is 0. The standard InChI is InChI=1S/C13H10F4N2O/c1-7-6-10(8-4-2-3-5-9(8)18-7)19-12(20)13(16,17)11(14)15/h2-6,11H,1H3,(H,18,19,20). The second-order valence-electron chi connectivity index (χ2n) is 4.21. The Labute approximate surface area is 111 Å². The van der Waals surface area contributed by atoms with Gasteiger partial charge in [-0.25, -0.2) is 8.78 Å².